The maximum atomic E-state index is 12.5. The summed E-state index contributed by atoms with van der Waals surface area (Å²) in [5, 5.41) is 28.2. The van der Waals surface area contributed by atoms with Crippen LogP contribution in [0.5, 0.6) is 5.75 Å². The molecule has 55 heavy (non-hydrogen) atoms. The van der Waals surface area contributed by atoms with Crippen molar-refractivity contribution >= 4 is 215 Å². The topological polar surface area (TPSA) is 316 Å². The van der Waals surface area contributed by atoms with Crippen LogP contribution in [0.25, 0.3) is 21.5 Å². The molecule has 0 aromatic heterocycles. The molecular weight excluding hydrogens is 851 g/mol. The second kappa shape index (κ2) is 19.7. The van der Waals surface area contributed by atoms with Crippen molar-refractivity contribution in [3.05, 3.63) is 72.8 Å². The standard InChI is InChI=1S/C28H21N5O14S4.4Na/c1-14(34)29-23-10-11-24(50(42,43)44)20-13-25(51(45,46)47)27(28(35)26(20)23)33-32-22-9-8-21(18-7-6-17(12-19(18)22)49(39,40)41)31-30-15-2-4-16(5-3-15)48(36,37)38;;;;/h2-13,35H,1H3,(H,29,34)(H,36,37,38)(H,39,40,41)(H,42,43,44)(H,45,46,47);;;;. The van der Waals surface area contributed by atoms with Crippen molar-refractivity contribution in [3.63, 3.8) is 0 Å². The number of phenols is 1. The first kappa shape index (κ1) is 51.7. The molecule has 0 atom stereocenters. The number of aromatic hydroxyl groups is 1. The zero-order valence-corrected chi connectivity index (χ0v) is 40.5. The van der Waals surface area contributed by atoms with Gasteiger partial charge in [-0.3, -0.25) is 23.0 Å². The van der Waals surface area contributed by atoms with Crippen LogP contribution in [0.3, 0.4) is 0 Å². The van der Waals surface area contributed by atoms with E-state index in [0.29, 0.717) is 6.07 Å². The zero-order chi connectivity index (χ0) is 37.7. The van der Waals surface area contributed by atoms with E-state index in [1.165, 1.54) is 30.3 Å². The number of hydrogen-bond acceptors (Lipinski definition) is 14. The van der Waals surface area contributed by atoms with Gasteiger partial charge in [-0.25, -0.2) is 0 Å². The summed E-state index contributed by atoms with van der Waals surface area (Å²) in [7, 11) is -19.7. The van der Waals surface area contributed by atoms with Crippen LogP contribution in [0.1, 0.15) is 6.92 Å². The van der Waals surface area contributed by atoms with Crippen molar-refractivity contribution in [2.45, 2.75) is 26.5 Å². The molecule has 0 fully saturated rings. The van der Waals surface area contributed by atoms with Crippen LogP contribution in [0.4, 0.5) is 28.4 Å². The van der Waals surface area contributed by atoms with Gasteiger partial charge in [-0.15, -0.1) is 15.3 Å². The Hall–Kier alpha value is -1.27. The van der Waals surface area contributed by atoms with Crippen LogP contribution in [0.15, 0.2) is 113 Å². The van der Waals surface area contributed by atoms with E-state index in [9.17, 15) is 57.2 Å². The minimum atomic E-state index is -5.33. The Bertz CT molecular complexity index is 2830. The SMILES string of the molecule is CC(=O)Nc1ccc(S(=O)(=O)O)c2cc(S(=O)(=O)O)c(N=Nc3ccc(N=Nc4ccc(S(=O)(=O)O)cc4)c4ccc(S(=O)(=O)O)cc34)c(O)c12.[Na].[Na].[Na].[Na]. The molecule has 270 valence electrons. The third-order valence-corrected chi connectivity index (χ3v) is 10.4. The number of anilines is 1. The molecule has 0 aliphatic carbocycles. The molecule has 0 aliphatic heterocycles. The van der Waals surface area contributed by atoms with Crippen molar-refractivity contribution in [3.8, 4) is 5.75 Å². The number of hydrogen-bond donors (Lipinski definition) is 6. The van der Waals surface area contributed by atoms with Crippen LogP contribution in [0.2, 0.25) is 0 Å². The number of amides is 1. The molecule has 0 heterocycles. The second-order valence-electron chi connectivity index (χ2n) is 10.4. The fourth-order valence-electron chi connectivity index (χ4n) is 4.78. The van der Waals surface area contributed by atoms with Gasteiger partial charge in [-0.05, 0) is 66.7 Å². The Balaban J connectivity index is 0.00000378. The van der Waals surface area contributed by atoms with Gasteiger partial charge in [-0.1, -0.05) is 6.07 Å². The summed E-state index contributed by atoms with van der Waals surface area (Å²) in [6, 6.07) is 12.6. The van der Waals surface area contributed by atoms with Crippen molar-refractivity contribution in [1.82, 2.24) is 0 Å². The summed E-state index contributed by atoms with van der Waals surface area (Å²) < 4.78 is 134. The third kappa shape index (κ3) is 12.1. The average Bonchev–Trinajstić information content (AvgIpc) is 3.01. The molecule has 19 nitrogen and oxygen atoms in total. The van der Waals surface area contributed by atoms with E-state index in [1.807, 2.05) is 0 Å². The number of carbonyl (C=O) groups is 1. The van der Waals surface area contributed by atoms with Crippen molar-refractivity contribution in [2.75, 3.05) is 5.32 Å². The second-order valence-corrected chi connectivity index (χ2v) is 16.0. The Morgan fingerprint density at radius 3 is 1.56 bits per heavy atom. The Labute approximate surface area is 401 Å². The first-order valence-corrected chi connectivity index (χ1v) is 19.3. The van der Waals surface area contributed by atoms with Gasteiger partial charge in [-0.2, -0.15) is 38.8 Å². The smallest absolute Gasteiger partial charge is 0.296 e. The van der Waals surface area contributed by atoms with Crippen LogP contribution in [-0.4, -0.2) is 181 Å². The molecule has 5 aromatic carbocycles. The van der Waals surface area contributed by atoms with Gasteiger partial charge in [0.1, 0.15) is 15.5 Å². The van der Waals surface area contributed by atoms with E-state index in [0.717, 1.165) is 43.3 Å². The van der Waals surface area contributed by atoms with Crippen molar-refractivity contribution < 1.29 is 61.8 Å². The van der Waals surface area contributed by atoms with Crippen LogP contribution >= 0.6 is 0 Å². The average molecular weight is 872 g/mol. The molecule has 1 amide bonds. The number of nitrogens with zero attached hydrogens (tertiary/aromatic N) is 4. The number of benzene rings is 5. The van der Waals surface area contributed by atoms with Crippen molar-refractivity contribution in [2.24, 2.45) is 20.5 Å². The number of azo groups is 2. The van der Waals surface area contributed by atoms with E-state index in [-0.39, 0.29) is 152 Å². The van der Waals surface area contributed by atoms with E-state index in [4.69, 9.17) is 4.55 Å². The molecule has 6 N–H and O–H groups in total. The molecule has 0 aliphatic rings. The summed E-state index contributed by atoms with van der Waals surface area (Å²) in [6.07, 6.45) is 0. The van der Waals surface area contributed by atoms with Gasteiger partial charge >= 0.3 is 0 Å². The van der Waals surface area contributed by atoms with Gasteiger partial charge < -0.3 is 10.4 Å². The molecule has 4 radical (unpaired) electrons. The van der Waals surface area contributed by atoms with Gasteiger partial charge in [0, 0.05) is 141 Å². The molecule has 5 aromatic rings. The fourth-order valence-corrected chi connectivity index (χ4v) is 7.09. The summed E-state index contributed by atoms with van der Waals surface area (Å²) in [6.45, 7) is 1.07. The normalized spacial score (nSPS) is 12.1. The molecule has 5 rings (SSSR count). The minimum Gasteiger partial charge on any atom is -0.505 e. The molecule has 0 spiro atoms. The van der Waals surface area contributed by atoms with Gasteiger partial charge in [0.25, 0.3) is 40.5 Å². The van der Waals surface area contributed by atoms with E-state index in [1.54, 1.807) is 0 Å². The first-order chi connectivity index (χ1) is 23.6. The summed E-state index contributed by atoms with van der Waals surface area (Å²) in [5.74, 6) is -1.82. The third-order valence-electron chi connectivity index (χ3n) is 6.95. The van der Waals surface area contributed by atoms with Crippen LogP contribution in [0, 0.1) is 0 Å². The van der Waals surface area contributed by atoms with E-state index >= 15 is 0 Å². The van der Waals surface area contributed by atoms with Crippen LogP contribution < -0.4 is 5.32 Å². The molecule has 27 heteroatoms. The zero-order valence-electron chi connectivity index (χ0n) is 29.3. The molecule has 0 saturated heterocycles. The van der Waals surface area contributed by atoms with Crippen LogP contribution in [-0.2, 0) is 45.3 Å². The molecule has 0 saturated carbocycles. The predicted octanol–water partition coefficient (Wildman–Crippen LogP) is 3.95. The molecular formula is C28H21N5Na4O14S4. The monoisotopic (exact) mass is 871 g/mol. The predicted molar refractivity (Wildman–Crippen MR) is 201 cm³/mol. The Morgan fingerprint density at radius 2 is 1.05 bits per heavy atom. The number of phenolic OH excluding ortho intramolecular Hbond substituents is 1. The number of nitrogens with one attached hydrogen (secondary N) is 1. The summed E-state index contributed by atoms with van der Waals surface area (Å²) >= 11 is 0. The van der Waals surface area contributed by atoms with Gasteiger partial charge in [0.2, 0.25) is 5.91 Å². The number of rotatable bonds is 9. The first-order valence-electron chi connectivity index (χ1n) is 13.6. The fraction of sp³-hybridized carbons (Fsp3) is 0.0357. The maximum absolute atomic E-state index is 12.5. The Kier molecular flexibility index (Phi) is 18.5. The number of carbonyl (C=O) groups excluding carboxylic acids is 1. The van der Waals surface area contributed by atoms with Gasteiger partial charge in [0.05, 0.1) is 37.9 Å². The maximum Gasteiger partial charge on any atom is 0.296 e. The minimum absolute atomic E-state index is 0. The summed E-state index contributed by atoms with van der Waals surface area (Å²) in [5.41, 5.74) is -1.27. The Morgan fingerprint density at radius 1 is 0.545 bits per heavy atom. The summed E-state index contributed by atoms with van der Waals surface area (Å²) in [4.78, 5) is 8.74. The quantitative estimate of drug-likeness (QED) is 0.0694. The molecule has 0 unspecified atom stereocenters. The van der Waals surface area contributed by atoms with E-state index in [2.05, 4.69) is 25.8 Å². The number of fused-ring (bicyclic) bond motifs is 2. The van der Waals surface area contributed by atoms with Gasteiger partial charge in [0.15, 0.2) is 5.75 Å². The molecule has 0 bridgehead atoms. The van der Waals surface area contributed by atoms with Crippen molar-refractivity contribution in [1.29, 1.82) is 0 Å². The largest absolute Gasteiger partial charge is 0.505 e. The van der Waals surface area contributed by atoms with E-state index < -0.39 is 88.2 Å².